The lowest BCUT2D eigenvalue weighted by Crippen LogP contribution is -2.25. The lowest BCUT2D eigenvalue weighted by molar-refractivity contribution is -0.384. The standard InChI is InChI=1S/C10H4N6O3/c17-10-7-9(14-15-13-7)11-8(12-10)5-2-1-3-6(4-5)16(18)19/h1-4H. The van der Waals surface area contributed by atoms with Gasteiger partial charge in [-0.1, -0.05) is 12.1 Å². The molecular formula is C10H4N6O3. The van der Waals surface area contributed by atoms with Gasteiger partial charge in [-0.3, -0.25) is 14.9 Å². The molecule has 1 aromatic carbocycles. The number of carbonyl (C=O) groups excluding carboxylic acids is 1. The van der Waals surface area contributed by atoms with E-state index in [9.17, 15) is 14.9 Å². The van der Waals surface area contributed by atoms with Gasteiger partial charge < -0.3 is 0 Å². The molecule has 1 amide bonds. The molecule has 0 radical (unpaired) electrons. The molecule has 0 bridgehead atoms. The number of fused-ring (bicyclic) bond motifs is 1. The van der Waals surface area contributed by atoms with Gasteiger partial charge in [0.25, 0.3) is 5.69 Å². The maximum absolute atomic E-state index is 11.6. The summed E-state index contributed by atoms with van der Waals surface area (Å²) in [5.41, 5.74) is 0.228. The predicted octanol–water partition coefficient (Wildman–Crippen LogP) is 1.10. The lowest BCUT2D eigenvalue weighted by atomic mass is 10.1. The molecule has 19 heavy (non-hydrogen) atoms. The van der Waals surface area contributed by atoms with Crippen molar-refractivity contribution in [2.75, 3.05) is 0 Å². The van der Waals surface area contributed by atoms with Crippen molar-refractivity contribution in [1.82, 2.24) is 0 Å². The molecule has 0 aromatic heterocycles. The Morgan fingerprint density at radius 3 is 2.79 bits per heavy atom. The van der Waals surface area contributed by atoms with Crippen molar-refractivity contribution in [3.8, 4) is 0 Å². The van der Waals surface area contributed by atoms with Gasteiger partial charge in [0.15, 0.2) is 5.84 Å². The van der Waals surface area contributed by atoms with Crippen LogP contribution in [0.2, 0.25) is 0 Å². The Morgan fingerprint density at radius 1 is 1.16 bits per heavy atom. The van der Waals surface area contributed by atoms with Crippen LogP contribution in [0.15, 0.2) is 49.7 Å². The molecular weight excluding hydrogens is 252 g/mol. The molecule has 3 rings (SSSR count). The minimum Gasteiger partial charge on any atom is -0.265 e. The van der Waals surface area contributed by atoms with Crippen molar-refractivity contribution >= 4 is 29.0 Å². The van der Waals surface area contributed by atoms with Crippen LogP contribution in [0.1, 0.15) is 5.56 Å². The number of nitro benzene ring substituents is 1. The van der Waals surface area contributed by atoms with Crippen LogP contribution in [0.3, 0.4) is 0 Å². The lowest BCUT2D eigenvalue weighted by Gasteiger charge is -2.06. The van der Waals surface area contributed by atoms with E-state index in [1.54, 1.807) is 6.07 Å². The van der Waals surface area contributed by atoms with E-state index in [4.69, 9.17) is 0 Å². The third-order valence-corrected chi connectivity index (χ3v) is 2.43. The first-order chi connectivity index (χ1) is 9.15. The van der Waals surface area contributed by atoms with E-state index in [0.29, 0.717) is 5.56 Å². The summed E-state index contributed by atoms with van der Waals surface area (Å²) in [5, 5.41) is 21.1. The Balaban J connectivity index is 2.06. The van der Waals surface area contributed by atoms with Gasteiger partial charge in [-0.2, -0.15) is 4.99 Å². The second-order valence-corrected chi connectivity index (χ2v) is 3.62. The molecule has 0 spiro atoms. The molecule has 92 valence electrons. The van der Waals surface area contributed by atoms with Crippen LogP contribution in [-0.4, -0.2) is 28.2 Å². The van der Waals surface area contributed by atoms with E-state index in [1.807, 2.05) is 0 Å². The van der Waals surface area contributed by atoms with E-state index in [2.05, 4.69) is 25.4 Å². The van der Waals surface area contributed by atoms with Crippen molar-refractivity contribution < 1.29 is 9.72 Å². The number of benzene rings is 1. The van der Waals surface area contributed by atoms with Crippen LogP contribution < -0.4 is 0 Å². The highest BCUT2D eigenvalue weighted by Gasteiger charge is 2.28. The van der Waals surface area contributed by atoms with Gasteiger partial charge in [0.1, 0.15) is 0 Å². The first-order valence-electron chi connectivity index (χ1n) is 5.11. The molecule has 0 fully saturated rings. The molecule has 9 nitrogen and oxygen atoms in total. The normalized spacial score (nSPS) is 16.6. The molecule has 0 atom stereocenters. The Hall–Kier alpha value is -3.10. The highest BCUT2D eigenvalue weighted by Crippen LogP contribution is 2.17. The average Bonchev–Trinajstić information content (AvgIpc) is 2.87. The molecule has 2 aliphatic heterocycles. The van der Waals surface area contributed by atoms with E-state index in [0.717, 1.165) is 0 Å². The zero-order valence-corrected chi connectivity index (χ0v) is 9.22. The van der Waals surface area contributed by atoms with Gasteiger partial charge in [0, 0.05) is 17.7 Å². The van der Waals surface area contributed by atoms with Crippen LogP contribution in [-0.2, 0) is 4.79 Å². The maximum Gasteiger partial charge on any atom is 0.303 e. The van der Waals surface area contributed by atoms with Gasteiger partial charge >= 0.3 is 5.91 Å². The van der Waals surface area contributed by atoms with Crippen LogP contribution in [0.25, 0.3) is 0 Å². The minimum absolute atomic E-state index is 0.0193. The summed E-state index contributed by atoms with van der Waals surface area (Å²) in [6.45, 7) is 0. The molecule has 0 unspecified atom stereocenters. The molecule has 2 aliphatic rings. The van der Waals surface area contributed by atoms with Gasteiger partial charge in [0.05, 0.1) is 4.92 Å². The van der Waals surface area contributed by atoms with E-state index >= 15 is 0 Å². The minimum atomic E-state index is -0.614. The number of non-ortho nitro benzene ring substituents is 1. The molecule has 2 heterocycles. The van der Waals surface area contributed by atoms with Crippen molar-refractivity contribution in [3.05, 3.63) is 39.9 Å². The van der Waals surface area contributed by atoms with Crippen molar-refractivity contribution in [1.29, 1.82) is 0 Å². The SMILES string of the molecule is O=C1N=C(c2cccc([N+](=O)[O-])c2)N=C2N=NN=C12. The van der Waals surface area contributed by atoms with Crippen LogP contribution >= 0.6 is 0 Å². The van der Waals surface area contributed by atoms with Gasteiger partial charge in [-0.15, -0.1) is 10.2 Å². The molecule has 0 saturated heterocycles. The second-order valence-electron chi connectivity index (χ2n) is 3.62. The zero-order chi connectivity index (χ0) is 13.4. The maximum atomic E-state index is 11.6. The number of aliphatic imine (C=N–C) groups is 2. The number of amides is 1. The summed E-state index contributed by atoms with van der Waals surface area (Å²) >= 11 is 0. The van der Waals surface area contributed by atoms with Crippen LogP contribution in [0.5, 0.6) is 0 Å². The Bertz CT molecular complexity index is 731. The fraction of sp³-hybridized carbons (Fsp3) is 0. The largest absolute Gasteiger partial charge is 0.303 e. The Morgan fingerprint density at radius 2 is 2.00 bits per heavy atom. The summed E-state index contributed by atoms with van der Waals surface area (Å²) in [7, 11) is 0. The Labute approximate surface area is 105 Å². The molecule has 0 N–H and O–H groups in total. The topological polar surface area (TPSA) is 122 Å². The van der Waals surface area contributed by atoms with Gasteiger partial charge in [-0.05, 0) is 5.22 Å². The molecule has 0 aliphatic carbocycles. The average molecular weight is 256 g/mol. The number of carbonyl (C=O) groups is 1. The number of rotatable bonds is 2. The van der Waals surface area contributed by atoms with Gasteiger partial charge in [-0.25, -0.2) is 4.99 Å². The van der Waals surface area contributed by atoms with E-state index in [1.165, 1.54) is 18.2 Å². The van der Waals surface area contributed by atoms with Gasteiger partial charge in [0.2, 0.25) is 11.5 Å². The van der Waals surface area contributed by atoms with Crippen LogP contribution in [0, 0.1) is 10.1 Å². The number of hydrogen-bond donors (Lipinski definition) is 0. The van der Waals surface area contributed by atoms with Crippen molar-refractivity contribution in [3.63, 3.8) is 0 Å². The van der Waals surface area contributed by atoms with E-state index < -0.39 is 10.8 Å². The first kappa shape index (κ1) is 11.0. The number of nitro groups is 1. The number of hydrogen-bond acceptors (Lipinski definition) is 7. The molecule has 9 heteroatoms. The zero-order valence-electron chi connectivity index (χ0n) is 9.22. The molecule has 0 saturated carbocycles. The van der Waals surface area contributed by atoms with Crippen LogP contribution in [0.4, 0.5) is 5.69 Å². The van der Waals surface area contributed by atoms with Crippen molar-refractivity contribution in [2.24, 2.45) is 25.4 Å². The number of nitrogens with zero attached hydrogens (tertiary/aromatic N) is 6. The summed E-state index contributed by atoms with van der Waals surface area (Å²) in [6, 6.07) is 5.67. The number of amidine groups is 2. The fourth-order valence-corrected chi connectivity index (χ4v) is 1.58. The monoisotopic (exact) mass is 256 g/mol. The summed E-state index contributed by atoms with van der Waals surface area (Å²) in [5.74, 6) is -0.485. The molecule has 1 aromatic rings. The predicted molar refractivity (Wildman–Crippen MR) is 64.4 cm³/mol. The Kier molecular flexibility index (Phi) is 2.31. The third-order valence-electron chi connectivity index (χ3n) is 2.43. The highest BCUT2D eigenvalue weighted by molar-refractivity contribution is 6.69. The highest BCUT2D eigenvalue weighted by atomic mass is 16.6. The quantitative estimate of drug-likeness (QED) is 0.581. The second kappa shape index (κ2) is 3.98. The smallest absolute Gasteiger partial charge is 0.265 e. The summed E-state index contributed by atoms with van der Waals surface area (Å²) < 4.78 is 0. The van der Waals surface area contributed by atoms with E-state index in [-0.39, 0.29) is 23.1 Å². The summed E-state index contributed by atoms with van der Waals surface area (Å²) in [4.78, 5) is 29.5. The van der Waals surface area contributed by atoms with Crippen molar-refractivity contribution in [2.45, 2.75) is 0 Å². The third kappa shape index (κ3) is 1.82. The first-order valence-corrected chi connectivity index (χ1v) is 5.11. The fourth-order valence-electron chi connectivity index (χ4n) is 1.58. The summed E-state index contributed by atoms with van der Waals surface area (Å²) in [6.07, 6.45) is 0.